The van der Waals surface area contributed by atoms with Gasteiger partial charge in [-0.05, 0) is 74.0 Å². The Kier molecular flexibility index (Phi) is 10.8. The monoisotopic (exact) mass is 571 g/mol. The van der Waals surface area contributed by atoms with Gasteiger partial charge in [-0.1, -0.05) is 36.4 Å². The normalized spacial score (nSPS) is 11.2. The van der Waals surface area contributed by atoms with E-state index in [1.54, 1.807) is 55.5 Å². The Bertz CT molecular complexity index is 1410. The maximum atomic E-state index is 13.6. The molecule has 3 aromatic carbocycles. The molecule has 206 valence electrons. The lowest BCUT2D eigenvalue weighted by molar-refractivity contribution is -0.119. The molecule has 0 saturated carbocycles. The van der Waals surface area contributed by atoms with Crippen molar-refractivity contribution in [2.45, 2.75) is 18.7 Å². The summed E-state index contributed by atoms with van der Waals surface area (Å²) in [7, 11) is -4.16. The Morgan fingerprint density at radius 1 is 0.974 bits per heavy atom. The van der Waals surface area contributed by atoms with Crippen molar-refractivity contribution < 1.29 is 27.4 Å². The Balaban J connectivity index is 1.84. The number of halogens is 1. The molecule has 0 heterocycles. The van der Waals surface area contributed by atoms with Crippen LogP contribution in [0.1, 0.15) is 19.4 Å². The molecule has 11 heteroatoms. The van der Waals surface area contributed by atoms with Gasteiger partial charge in [-0.25, -0.2) is 13.8 Å². The fourth-order valence-corrected chi connectivity index (χ4v) is 5.02. The summed E-state index contributed by atoms with van der Waals surface area (Å²) in [4.78, 5) is 12.9. The van der Waals surface area contributed by atoms with Crippen LogP contribution in [0.25, 0.3) is 0 Å². The molecule has 0 aliphatic heterocycles. The third kappa shape index (κ3) is 7.98. The fraction of sp³-hybridized carbons (Fsp3) is 0.214. The number of benzene rings is 3. The van der Waals surface area contributed by atoms with Gasteiger partial charge in [0, 0.05) is 5.02 Å². The summed E-state index contributed by atoms with van der Waals surface area (Å²) in [5.41, 5.74) is 3.24. The smallest absolute Gasteiger partial charge is 0.264 e. The summed E-state index contributed by atoms with van der Waals surface area (Å²) >= 11 is 5.95. The van der Waals surface area contributed by atoms with E-state index >= 15 is 0 Å². The molecule has 0 bridgehead atoms. The second kappa shape index (κ2) is 14.2. The topological polar surface area (TPSA) is 107 Å². The lowest BCUT2D eigenvalue weighted by Gasteiger charge is -2.25. The minimum atomic E-state index is -4.16. The standard InChI is InChI=1S/C28H30ClN3O6S/c1-4-17-38-26-16-11-21(18-27(26)37-6-3)19-30-31-28(33)20-32(24-9-7-8-10-25(24)36-5-2)39(34,35)23-14-12-22(29)13-15-23/h4,7-16,18-19H,1,5-6,17,20H2,2-3H3,(H,31,33)/b30-19-. The minimum Gasteiger partial charge on any atom is -0.492 e. The van der Waals surface area contributed by atoms with Gasteiger partial charge in [0.1, 0.15) is 18.9 Å². The van der Waals surface area contributed by atoms with E-state index in [0.717, 1.165) is 4.31 Å². The molecule has 3 rings (SSSR count). The fourth-order valence-electron chi connectivity index (χ4n) is 3.46. The first-order valence-electron chi connectivity index (χ1n) is 12.1. The number of hydrogen-bond acceptors (Lipinski definition) is 7. The quantitative estimate of drug-likeness (QED) is 0.165. The maximum absolute atomic E-state index is 13.6. The zero-order valence-corrected chi connectivity index (χ0v) is 23.2. The summed E-state index contributed by atoms with van der Waals surface area (Å²) in [6.45, 7) is 7.79. The lowest BCUT2D eigenvalue weighted by Crippen LogP contribution is -2.39. The third-order valence-electron chi connectivity index (χ3n) is 5.15. The third-order valence-corrected chi connectivity index (χ3v) is 7.18. The number of carbonyl (C=O) groups excluding carboxylic acids is 1. The van der Waals surface area contributed by atoms with E-state index in [4.69, 9.17) is 25.8 Å². The van der Waals surface area contributed by atoms with Crippen molar-refractivity contribution in [2.75, 3.05) is 30.7 Å². The van der Waals surface area contributed by atoms with Crippen LogP contribution in [0.4, 0.5) is 5.69 Å². The number of rotatable bonds is 14. The first kappa shape index (κ1) is 29.5. The predicted molar refractivity (Wildman–Crippen MR) is 153 cm³/mol. The molecule has 0 saturated heterocycles. The van der Waals surface area contributed by atoms with Crippen LogP contribution in [0.5, 0.6) is 17.2 Å². The Labute approximate surface area is 233 Å². The van der Waals surface area contributed by atoms with Crippen LogP contribution in [-0.2, 0) is 14.8 Å². The number of hydrazone groups is 1. The molecule has 0 radical (unpaired) electrons. The van der Waals surface area contributed by atoms with Crippen molar-refractivity contribution in [1.29, 1.82) is 0 Å². The molecule has 0 aliphatic carbocycles. The van der Waals surface area contributed by atoms with Crippen LogP contribution in [0.15, 0.2) is 89.4 Å². The number of anilines is 1. The molecule has 1 amide bonds. The van der Waals surface area contributed by atoms with Crippen molar-refractivity contribution in [3.63, 3.8) is 0 Å². The average Bonchev–Trinajstić information content (AvgIpc) is 2.92. The molecule has 1 N–H and O–H groups in total. The Morgan fingerprint density at radius 2 is 1.67 bits per heavy atom. The van der Waals surface area contributed by atoms with Crippen molar-refractivity contribution in [3.8, 4) is 17.2 Å². The van der Waals surface area contributed by atoms with Gasteiger partial charge < -0.3 is 14.2 Å². The van der Waals surface area contributed by atoms with Gasteiger partial charge in [-0.2, -0.15) is 5.10 Å². The maximum Gasteiger partial charge on any atom is 0.264 e. The van der Waals surface area contributed by atoms with Crippen LogP contribution in [0.3, 0.4) is 0 Å². The van der Waals surface area contributed by atoms with Crippen molar-refractivity contribution in [1.82, 2.24) is 5.43 Å². The molecule has 0 aliphatic rings. The van der Waals surface area contributed by atoms with E-state index in [9.17, 15) is 13.2 Å². The summed E-state index contributed by atoms with van der Waals surface area (Å²) in [6.07, 6.45) is 3.05. The first-order valence-corrected chi connectivity index (χ1v) is 13.9. The van der Waals surface area contributed by atoms with Crippen LogP contribution < -0.4 is 23.9 Å². The minimum absolute atomic E-state index is 0.0308. The van der Waals surface area contributed by atoms with Crippen LogP contribution >= 0.6 is 11.6 Å². The van der Waals surface area contributed by atoms with Gasteiger partial charge in [0.25, 0.3) is 15.9 Å². The van der Waals surface area contributed by atoms with Gasteiger partial charge in [0.2, 0.25) is 0 Å². The van der Waals surface area contributed by atoms with Crippen LogP contribution in [0, 0.1) is 0 Å². The highest BCUT2D eigenvalue weighted by Crippen LogP contribution is 2.33. The molecule has 0 atom stereocenters. The highest BCUT2D eigenvalue weighted by atomic mass is 35.5. The first-order chi connectivity index (χ1) is 18.8. The van der Waals surface area contributed by atoms with E-state index in [0.29, 0.717) is 47.7 Å². The highest BCUT2D eigenvalue weighted by molar-refractivity contribution is 7.92. The van der Waals surface area contributed by atoms with Gasteiger partial charge >= 0.3 is 0 Å². The van der Waals surface area contributed by atoms with E-state index < -0.39 is 22.5 Å². The molecule has 0 fully saturated rings. The van der Waals surface area contributed by atoms with Gasteiger partial charge in [-0.3, -0.25) is 9.10 Å². The molecular weight excluding hydrogens is 542 g/mol. The molecule has 0 unspecified atom stereocenters. The second-order valence-electron chi connectivity index (χ2n) is 7.90. The number of amides is 1. The molecule has 0 spiro atoms. The number of para-hydroxylation sites is 2. The van der Waals surface area contributed by atoms with Gasteiger partial charge in [0.05, 0.1) is 30.0 Å². The van der Waals surface area contributed by atoms with E-state index in [-0.39, 0.29) is 10.6 Å². The molecular formula is C28H30ClN3O6S. The summed E-state index contributed by atoms with van der Waals surface area (Å²) in [5, 5.41) is 4.38. The highest BCUT2D eigenvalue weighted by Gasteiger charge is 2.29. The molecule has 39 heavy (non-hydrogen) atoms. The van der Waals surface area contributed by atoms with Crippen molar-refractivity contribution in [2.24, 2.45) is 5.10 Å². The number of ether oxygens (including phenoxy) is 3. The number of nitrogens with zero attached hydrogens (tertiary/aromatic N) is 2. The summed E-state index contributed by atoms with van der Waals surface area (Å²) < 4.78 is 45.1. The van der Waals surface area contributed by atoms with Crippen molar-refractivity contribution >= 4 is 39.4 Å². The zero-order valence-electron chi connectivity index (χ0n) is 21.7. The van der Waals surface area contributed by atoms with Crippen LogP contribution in [0.2, 0.25) is 5.02 Å². The number of nitrogens with one attached hydrogen (secondary N) is 1. The SMILES string of the molecule is C=CCOc1ccc(/C=N\NC(=O)CN(c2ccccc2OCC)S(=O)(=O)c2ccc(Cl)cc2)cc1OCC. The summed E-state index contributed by atoms with van der Waals surface area (Å²) in [6, 6.07) is 17.5. The summed E-state index contributed by atoms with van der Waals surface area (Å²) in [5.74, 6) is 0.721. The number of sulfonamides is 1. The molecule has 0 aromatic heterocycles. The molecule has 3 aromatic rings. The number of hydrogen-bond donors (Lipinski definition) is 1. The van der Waals surface area contributed by atoms with Crippen LogP contribution in [-0.4, -0.2) is 46.9 Å². The predicted octanol–water partition coefficient (Wildman–Crippen LogP) is 5.05. The van der Waals surface area contributed by atoms with Gasteiger partial charge in [-0.15, -0.1) is 0 Å². The van der Waals surface area contributed by atoms with Crippen molar-refractivity contribution in [3.05, 3.63) is 90.0 Å². The number of carbonyl (C=O) groups is 1. The Morgan fingerprint density at radius 3 is 2.36 bits per heavy atom. The second-order valence-corrected chi connectivity index (χ2v) is 10.2. The van der Waals surface area contributed by atoms with E-state index in [1.165, 1.54) is 30.5 Å². The van der Waals surface area contributed by atoms with E-state index in [1.807, 2.05) is 6.92 Å². The largest absolute Gasteiger partial charge is 0.492 e. The lowest BCUT2D eigenvalue weighted by atomic mass is 10.2. The Hall–Kier alpha value is -4.02. The average molecular weight is 572 g/mol. The van der Waals surface area contributed by atoms with Gasteiger partial charge in [0.15, 0.2) is 11.5 Å². The molecule has 9 nitrogen and oxygen atoms in total. The van der Waals surface area contributed by atoms with E-state index in [2.05, 4.69) is 17.1 Å². The zero-order chi connectivity index (χ0) is 28.3.